The molecule has 0 aromatic heterocycles. The van der Waals surface area contributed by atoms with E-state index < -0.39 is 0 Å². The molecule has 48 heavy (non-hydrogen) atoms. The van der Waals surface area contributed by atoms with Crippen LogP contribution in [-0.4, -0.2) is 24.5 Å². The summed E-state index contributed by atoms with van der Waals surface area (Å²) in [6, 6.07) is 1.11. The minimum absolute atomic E-state index is 0.553. The second-order valence-electron chi connectivity index (χ2n) is 15.4. The Kier molecular flexibility index (Phi) is 46.3. The predicted octanol–water partition coefficient (Wildman–Crippen LogP) is 13.5. The van der Waals surface area contributed by atoms with E-state index in [4.69, 9.17) is 0 Å². The third kappa shape index (κ3) is 84.4. The van der Waals surface area contributed by atoms with Crippen molar-refractivity contribution in [2.45, 2.75) is 151 Å². The van der Waals surface area contributed by atoms with Gasteiger partial charge in [-0.15, -0.1) is 0 Å². The molecule has 0 unspecified atom stereocenters. The molecule has 0 aromatic carbocycles. The molecule has 0 fully saturated rings. The van der Waals surface area contributed by atoms with Crippen LogP contribution in [0.1, 0.15) is 138 Å². The molecule has 4 heteroatoms. The van der Waals surface area contributed by atoms with E-state index in [1.165, 1.54) is 0 Å². The first-order valence-corrected chi connectivity index (χ1v) is 18.7. The van der Waals surface area contributed by atoms with Crippen LogP contribution in [0.25, 0.3) is 0 Å². The largest absolute Gasteiger partial charge is 0.389 e. The monoisotopic (exact) mass is 671 g/mol. The van der Waals surface area contributed by atoms with Gasteiger partial charge in [0, 0.05) is 36.9 Å². The molecule has 0 radical (unpaired) electrons. The molecule has 0 saturated carbocycles. The van der Waals surface area contributed by atoms with Crippen LogP contribution in [0, 0.1) is 47.3 Å². The van der Waals surface area contributed by atoms with E-state index in [1.54, 1.807) is 0 Å². The maximum absolute atomic E-state index is 4.11. The fourth-order valence-corrected chi connectivity index (χ4v) is 2.34. The van der Waals surface area contributed by atoms with Crippen LogP contribution in [0.4, 0.5) is 0 Å². The lowest BCUT2D eigenvalue weighted by Gasteiger charge is -2.03. The van der Waals surface area contributed by atoms with Gasteiger partial charge in [-0.25, -0.2) is 0 Å². The second kappa shape index (κ2) is 40.6. The first-order chi connectivity index (χ1) is 22.1. The van der Waals surface area contributed by atoms with E-state index >= 15 is 0 Å². The summed E-state index contributed by atoms with van der Waals surface area (Å²) in [6.07, 6.45) is 28.8. The van der Waals surface area contributed by atoms with Crippen molar-refractivity contribution in [1.29, 1.82) is 0 Å². The normalized spacial score (nSPS) is 12.5. The number of hydrogen-bond acceptors (Lipinski definition) is 4. The number of allylic oxidation sites excluding steroid dienone is 8. The number of hydrogen-bond donors (Lipinski definition) is 2. The summed E-state index contributed by atoms with van der Waals surface area (Å²) < 4.78 is 0. The van der Waals surface area contributed by atoms with Crippen LogP contribution >= 0.6 is 0 Å². The summed E-state index contributed by atoms with van der Waals surface area (Å²) in [4.78, 5) is 8.21. The van der Waals surface area contributed by atoms with Gasteiger partial charge in [-0.1, -0.05) is 159 Å². The fourth-order valence-electron chi connectivity index (χ4n) is 2.34. The summed E-state index contributed by atoms with van der Waals surface area (Å²) >= 11 is 0. The van der Waals surface area contributed by atoms with Gasteiger partial charge in [-0.3, -0.25) is 9.98 Å². The van der Waals surface area contributed by atoms with E-state index in [9.17, 15) is 0 Å². The van der Waals surface area contributed by atoms with Gasteiger partial charge in [0.15, 0.2) is 0 Å². The minimum Gasteiger partial charge on any atom is -0.389 e. The van der Waals surface area contributed by atoms with E-state index in [-0.39, 0.29) is 0 Å². The first kappa shape index (κ1) is 54.8. The Morgan fingerprint density at radius 2 is 0.562 bits per heavy atom. The average Bonchev–Trinajstić information content (AvgIpc) is 2.92. The van der Waals surface area contributed by atoms with Crippen LogP contribution < -0.4 is 10.6 Å². The van der Waals surface area contributed by atoms with Crippen molar-refractivity contribution in [3.63, 3.8) is 0 Å². The lowest BCUT2D eigenvalue weighted by Crippen LogP contribution is -2.15. The zero-order valence-electron chi connectivity index (χ0n) is 35.8. The Morgan fingerprint density at radius 3 is 0.750 bits per heavy atom. The van der Waals surface area contributed by atoms with Crippen molar-refractivity contribution in [3.8, 4) is 0 Å². The molecule has 0 aliphatic rings. The quantitative estimate of drug-likeness (QED) is 0.135. The topological polar surface area (TPSA) is 48.8 Å². The van der Waals surface area contributed by atoms with Crippen molar-refractivity contribution in [2.24, 2.45) is 57.3 Å². The van der Waals surface area contributed by atoms with E-state index in [1.807, 2.05) is 37.2 Å². The molecule has 0 aliphatic heterocycles. The standard InChI is InChI=1S/C10H18.2C9H17N.2C8H17N/c1-9(2)7-5-6-8-10(3)4;2*1-8(2)5-6-10-7-9(3)4;2*1-7(2)5-6-9-8(3)4/h5-10H,1-4H3;2*5-9H,1-4H3;2*5-9H,1-4H3/b7-5-,8-6-;2*6-5-,10-7?;2*6-5-. The van der Waals surface area contributed by atoms with Gasteiger partial charge in [0.2, 0.25) is 0 Å². The number of rotatable bonds is 15. The Labute approximate surface area is 303 Å². The Morgan fingerprint density at radius 1 is 0.312 bits per heavy atom. The molecule has 282 valence electrons. The van der Waals surface area contributed by atoms with Crippen LogP contribution in [0.15, 0.2) is 83.4 Å². The van der Waals surface area contributed by atoms with Crippen molar-refractivity contribution in [2.75, 3.05) is 0 Å². The zero-order valence-corrected chi connectivity index (χ0v) is 35.8. The molecule has 0 heterocycles. The highest BCUT2D eigenvalue weighted by atomic mass is 14.9. The SMILES string of the molecule is CC(C)/C=C\C=C/C(C)C.CC(C)/C=C\NC(C)C.CC(C)/C=C\NC(C)C.CC(C)C=N/C=C\C(C)C.CC(C)C=N/C=C\C(C)C. The molecular weight excluding hydrogens is 585 g/mol. The Hall–Kier alpha value is -2.62. The summed E-state index contributed by atoms with van der Waals surface area (Å²) in [5.41, 5.74) is 0. The van der Waals surface area contributed by atoms with Crippen LogP contribution in [0.2, 0.25) is 0 Å². The molecule has 0 bridgehead atoms. The van der Waals surface area contributed by atoms with Gasteiger partial charge in [0.1, 0.15) is 0 Å². The lowest BCUT2D eigenvalue weighted by molar-refractivity contribution is 0.692. The van der Waals surface area contributed by atoms with Crippen LogP contribution in [0.5, 0.6) is 0 Å². The van der Waals surface area contributed by atoms with Gasteiger partial charge in [0.25, 0.3) is 0 Å². The summed E-state index contributed by atoms with van der Waals surface area (Å²) in [7, 11) is 0. The highest BCUT2D eigenvalue weighted by Crippen LogP contribution is 1.97. The molecule has 4 nitrogen and oxygen atoms in total. The summed E-state index contributed by atoms with van der Waals surface area (Å²) in [6.45, 7) is 42.9. The molecule has 0 aliphatic carbocycles. The summed E-state index contributed by atoms with van der Waals surface area (Å²) in [5.74, 6) is 4.93. The van der Waals surface area contributed by atoms with Crippen LogP contribution in [0.3, 0.4) is 0 Å². The number of nitrogens with zero attached hydrogens (tertiary/aromatic N) is 2. The van der Waals surface area contributed by atoms with Crippen molar-refractivity contribution >= 4 is 12.4 Å². The second-order valence-corrected chi connectivity index (χ2v) is 15.4. The summed E-state index contributed by atoms with van der Waals surface area (Å²) in [5, 5.41) is 6.39. The van der Waals surface area contributed by atoms with Crippen molar-refractivity contribution in [1.82, 2.24) is 10.6 Å². The maximum atomic E-state index is 4.11. The molecule has 0 rings (SSSR count). The van der Waals surface area contributed by atoms with E-state index in [0.29, 0.717) is 59.4 Å². The van der Waals surface area contributed by atoms with Gasteiger partial charge in [-0.05, 0) is 87.4 Å². The third-order valence-electron chi connectivity index (χ3n) is 4.81. The van der Waals surface area contributed by atoms with Gasteiger partial charge >= 0.3 is 0 Å². The molecule has 2 N–H and O–H groups in total. The first-order valence-electron chi connectivity index (χ1n) is 18.7. The Bertz CT molecular complexity index is 708. The molecule has 0 spiro atoms. The molecule has 0 amide bonds. The van der Waals surface area contributed by atoms with Gasteiger partial charge in [0.05, 0.1) is 0 Å². The van der Waals surface area contributed by atoms with Gasteiger partial charge in [-0.2, -0.15) is 0 Å². The number of nitrogens with one attached hydrogen (secondary N) is 2. The smallest absolute Gasteiger partial charge is 0.0226 e. The predicted molar refractivity (Wildman–Crippen MR) is 227 cm³/mol. The molecule has 0 atom stereocenters. The lowest BCUT2D eigenvalue weighted by atomic mass is 10.2. The molecule has 0 saturated heterocycles. The van der Waals surface area contributed by atoms with E-state index in [2.05, 4.69) is 208 Å². The highest BCUT2D eigenvalue weighted by molar-refractivity contribution is 5.60. The Balaban J connectivity index is -0.000000161. The van der Waals surface area contributed by atoms with Crippen molar-refractivity contribution in [3.05, 3.63) is 73.4 Å². The highest BCUT2D eigenvalue weighted by Gasteiger charge is 1.87. The molecular formula is C44H86N4. The minimum atomic E-state index is 0.553. The van der Waals surface area contributed by atoms with Crippen molar-refractivity contribution < 1.29 is 0 Å². The third-order valence-corrected chi connectivity index (χ3v) is 4.81. The molecule has 0 aromatic rings. The van der Waals surface area contributed by atoms with Crippen LogP contribution in [-0.2, 0) is 0 Å². The maximum Gasteiger partial charge on any atom is 0.0226 e. The van der Waals surface area contributed by atoms with E-state index in [0.717, 1.165) is 0 Å². The average molecular weight is 671 g/mol. The number of aliphatic imine (C=N–C) groups is 2. The fraction of sp³-hybridized carbons (Fsp3) is 0.682. The zero-order chi connectivity index (χ0) is 38.5. The van der Waals surface area contributed by atoms with Gasteiger partial charge < -0.3 is 10.6 Å².